The van der Waals surface area contributed by atoms with Gasteiger partial charge in [-0.25, -0.2) is 0 Å². The maximum absolute atomic E-state index is 5.62. The molecule has 0 radical (unpaired) electrons. The van der Waals surface area contributed by atoms with Crippen molar-refractivity contribution in [2.24, 2.45) is 0 Å². The summed E-state index contributed by atoms with van der Waals surface area (Å²) in [5.74, 6) is 0.909. The Balaban J connectivity index is 2.47. The van der Waals surface area contributed by atoms with E-state index < -0.39 is 0 Å². The summed E-state index contributed by atoms with van der Waals surface area (Å²) < 4.78 is 10.9. The van der Waals surface area contributed by atoms with Gasteiger partial charge in [0.1, 0.15) is 12.4 Å². The summed E-state index contributed by atoms with van der Waals surface area (Å²) in [7, 11) is 0. The van der Waals surface area contributed by atoms with Crippen LogP contribution in [-0.4, -0.2) is 26.4 Å². The van der Waals surface area contributed by atoms with Crippen LogP contribution in [0.4, 0.5) is 0 Å². The summed E-state index contributed by atoms with van der Waals surface area (Å²) in [6.45, 7) is 9.20. The lowest BCUT2D eigenvalue weighted by Gasteiger charge is -2.14. The molecule has 1 atom stereocenters. The number of benzene rings is 1. The van der Waals surface area contributed by atoms with Crippen LogP contribution in [0.5, 0.6) is 5.75 Å². The molecule has 1 aromatic carbocycles. The predicted molar refractivity (Wildman–Crippen MR) is 70.5 cm³/mol. The molecule has 0 spiro atoms. The Kier molecular flexibility index (Phi) is 6.67. The summed E-state index contributed by atoms with van der Waals surface area (Å²) in [5, 5.41) is 3.39. The minimum atomic E-state index is 0.357. The van der Waals surface area contributed by atoms with Crippen LogP contribution >= 0.6 is 0 Å². The zero-order valence-electron chi connectivity index (χ0n) is 11.0. The van der Waals surface area contributed by atoms with Crippen LogP contribution in [0.3, 0.4) is 0 Å². The van der Waals surface area contributed by atoms with E-state index in [1.165, 1.54) is 5.56 Å². The SMILES string of the molecule is CCNC(C)c1cccc(OCCOCC)c1. The van der Waals surface area contributed by atoms with Crippen molar-refractivity contribution in [1.82, 2.24) is 5.32 Å². The Bertz CT molecular complexity index is 315. The third-order valence-electron chi connectivity index (χ3n) is 2.57. The Morgan fingerprint density at radius 3 is 2.76 bits per heavy atom. The minimum Gasteiger partial charge on any atom is -0.491 e. The number of hydrogen-bond donors (Lipinski definition) is 1. The first-order chi connectivity index (χ1) is 8.27. The average Bonchev–Trinajstić information content (AvgIpc) is 2.35. The molecule has 1 aromatic rings. The molecule has 1 unspecified atom stereocenters. The van der Waals surface area contributed by atoms with Gasteiger partial charge in [-0.05, 0) is 38.1 Å². The molecular formula is C14H23NO2. The summed E-state index contributed by atoms with van der Waals surface area (Å²) in [5.41, 5.74) is 1.25. The summed E-state index contributed by atoms with van der Waals surface area (Å²) in [6, 6.07) is 8.56. The molecule has 3 heteroatoms. The lowest BCUT2D eigenvalue weighted by molar-refractivity contribution is 0.110. The highest BCUT2D eigenvalue weighted by Crippen LogP contribution is 2.18. The molecule has 17 heavy (non-hydrogen) atoms. The van der Waals surface area contributed by atoms with Gasteiger partial charge in [0, 0.05) is 12.6 Å². The molecule has 0 heterocycles. The monoisotopic (exact) mass is 237 g/mol. The zero-order valence-corrected chi connectivity index (χ0v) is 11.0. The smallest absolute Gasteiger partial charge is 0.119 e. The van der Waals surface area contributed by atoms with Crippen LogP contribution in [0.2, 0.25) is 0 Å². The molecule has 3 nitrogen and oxygen atoms in total. The molecule has 0 bridgehead atoms. The first kappa shape index (κ1) is 14.0. The van der Waals surface area contributed by atoms with Crippen molar-refractivity contribution in [2.75, 3.05) is 26.4 Å². The van der Waals surface area contributed by atoms with Gasteiger partial charge in [0.05, 0.1) is 6.61 Å². The number of hydrogen-bond acceptors (Lipinski definition) is 3. The van der Waals surface area contributed by atoms with E-state index in [1.54, 1.807) is 0 Å². The van der Waals surface area contributed by atoms with E-state index in [0.29, 0.717) is 19.3 Å². The van der Waals surface area contributed by atoms with Crippen LogP contribution in [0.25, 0.3) is 0 Å². The van der Waals surface area contributed by atoms with Gasteiger partial charge in [-0.2, -0.15) is 0 Å². The van der Waals surface area contributed by atoms with E-state index in [1.807, 2.05) is 19.1 Å². The maximum Gasteiger partial charge on any atom is 0.119 e. The maximum atomic E-state index is 5.62. The first-order valence-electron chi connectivity index (χ1n) is 6.31. The highest BCUT2D eigenvalue weighted by atomic mass is 16.5. The average molecular weight is 237 g/mol. The van der Waals surface area contributed by atoms with Gasteiger partial charge in [0.2, 0.25) is 0 Å². The molecule has 0 aromatic heterocycles. The van der Waals surface area contributed by atoms with Crippen molar-refractivity contribution in [1.29, 1.82) is 0 Å². The van der Waals surface area contributed by atoms with Crippen molar-refractivity contribution >= 4 is 0 Å². The quantitative estimate of drug-likeness (QED) is 0.705. The van der Waals surface area contributed by atoms with Gasteiger partial charge in [-0.1, -0.05) is 19.1 Å². The van der Waals surface area contributed by atoms with E-state index in [9.17, 15) is 0 Å². The number of nitrogens with one attached hydrogen (secondary N) is 1. The fourth-order valence-corrected chi connectivity index (χ4v) is 1.66. The highest BCUT2D eigenvalue weighted by molar-refractivity contribution is 5.30. The normalized spacial score (nSPS) is 12.4. The Hall–Kier alpha value is -1.06. The summed E-state index contributed by atoms with van der Waals surface area (Å²) in [6.07, 6.45) is 0. The standard InChI is InChI=1S/C14H23NO2/c1-4-15-12(3)13-7-6-8-14(11-13)17-10-9-16-5-2/h6-8,11-12,15H,4-5,9-10H2,1-3H3. The molecular weight excluding hydrogens is 214 g/mol. The van der Waals surface area contributed by atoms with Crippen molar-refractivity contribution in [3.05, 3.63) is 29.8 Å². The Morgan fingerprint density at radius 2 is 2.06 bits per heavy atom. The molecule has 0 saturated carbocycles. The van der Waals surface area contributed by atoms with Gasteiger partial charge in [0.15, 0.2) is 0 Å². The van der Waals surface area contributed by atoms with Gasteiger partial charge in [-0.3, -0.25) is 0 Å². The molecule has 96 valence electrons. The Morgan fingerprint density at radius 1 is 1.24 bits per heavy atom. The second-order valence-corrected chi connectivity index (χ2v) is 3.90. The summed E-state index contributed by atoms with van der Waals surface area (Å²) in [4.78, 5) is 0. The van der Waals surface area contributed by atoms with Crippen LogP contribution in [0.15, 0.2) is 24.3 Å². The van der Waals surface area contributed by atoms with E-state index in [2.05, 4.69) is 31.3 Å². The van der Waals surface area contributed by atoms with E-state index in [4.69, 9.17) is 9.47 Å². The Labute approximate surface area is 104 Å². The predicted octanol–water partition coefficient (Wildman–Crippen LogP) is 2.77. The zero-order chi connectivity index (χ0) is 12.5. The van der Waals surface area contributed by atoms with Crippen molar-refractivity contribution in [3.63, 3.8) is 0 Å². The molecule has 1 rings (SSSR count). The van der Waals surface area contributed by atoms with Crippen molar-refractivity contribution in [2.45, 2.75) is 26.8 Å². The minimum absolute atomic E-state index is 0.357. The number of ether oxygens (including phenoxy) is 2. The molecule has 0 aliphatic rings. The summed E-state index contributed by atoms with van der Waals surface area (Å²) >= 11 is 0. The third kappa shape index (κ3) is 5.20. The molecule has 0 amide bonds. The first-order valence-corrected chi connectivity index (χ1v) is 6.31. The molecule has 0 saturated heterocycles. The lowest BCUT2D eigenvalue weighted by atomic mass is 10.1. The fraction of sp³-hybridized carbons (Fsp3) is 0.571. The second kappa shape index (κ2) is 8.09. The molecule has 0 fully saturated rings. The topological polar surface area (TPSA) is 30.5 Å². The van der Waals surface area contributed by atoms with Gasteiger partial charge >= 0.3 is 0 Å². The second-order valence-electron chi connectivity index (χ2n) is 3.90. The molecule has 1 N–H and O–H groups in total. The van der Waals surface area contributed by atoms with Crippen LogP contribution in [0, 0.1) is 0 Å². The van der Waals surface area contributed by atoms with Crippen molar-refractivity contribution in [3.8, 4) is 5.75 Å². The van der Waals surface area contributed by atoms with Crippen molar-refractivity contribution < 1.29 is 9.47 Å². The fourth-order valence-electron chi connectivity index (χ4n) is 1.66. The van der Waals surface area contributed by atoms with Crippen LogP contribution in [0.1, 0.15) is 32.4 Å². The van der Waals surface area contributed by atoms with E-state index in [-0.39, 0.29) is 0 Å². The van der Waals surface area contributed by atoms with Gasteiger partial charge in [0.25, 0.3) is 0 Å². The van der Waals surface area contributed by atoms with Gasteiger partial charge in [-0.15, -0.1) is 0 Å². The molecule has 0 aliphatic carbocycles. The van der Waals surface area contributed by atoms with E-state index >= 15 is 0 Å². The highest BCUT2D eigenvalue weighted by Gasteiger charge is 2.04. The number of rotatable bonds is 8. The van der Waals surface area contributed by atoms with E-state index in [0.717, 1.165) is 18.9 Å². The molecule has 0 aliphatic heterocycles. The third-order valence-corrected chi connectivity index (χ3v) is 2.57. The van der Waals surface area contributed by atoms with Crippen LogP contribution in [-0.2, 0) is 4.74 Å². The van der Waals surface area contributed by atoms with Gasteiger partial charge < -0.3 is 14.8 Å². The van der Waals surface area contributed by atoms with Crippen LogP contribution < -0.4 is 10.1 Å². The lowest BCUT2D eigenvalue weighted by Crippen LogP contribution is -2.17. The largest absolute Gasteiger partial charge is 0.491 e.